The molecule has 0 saturated carbocycles. The monoisotopic (exact) mass is 399 g/mol. The summed E-state index contributed by atoms with van der Waals surface area (Å²) in [5.41, 5.74) is 2.16. The summed E-state index contributed by atoms with van der Waals surface area (Å²) in [5, 5.41) is 2.91. The van der Waals surface area contributed by atoms with Crippen molar-refractivity contribution in [2.75, 3.05) is 39.7 Å². The molecule has 0 radical (unpaired) electrons. The SMILES string of the molecule is COC(=O)c1ccc(NC(=O)C[NH+]2CCC[C@H]2c2cc(OC)ccc2OC)cc1. The summed E-state index contributed by atoms with van der Waals surface area (Å²) in [6, 6.07) is 12.6. The zero-order valence-electron chi connectivity index (χ0n) is 17.0. The zero-order chi connectivity index (χ0) is 20.8. The van der Waals surface area contributed by atoms with Gasteiger partial charge >= 0.3 is 5.97 Å². The van der Waals surface area contributed by atoms with Crippen molar-refractivity contribution >= 4 is 17.6 Å². The van der Waals surface area contributed by atoms with E-state index in [-0.39, 0.29) is 11.9 Å². The lowest BCUT2D eigenvalue weighted by Crippen LogP contribution is -3.11. The van der Waals surface area contributed by atoms with Crippen molar-refractivity contribution in [3.8, 4) is 11.5 Å². The number of quaternary nitrogens is 1. The number of carbonyl (C=O) groups is 2. The molecule has 0 aliphatic carbocycles. The van der Waals surface area contributed by atoms with Gasteiger partial charge in [0.25, 0.3) is 5.91 Å². The molecule has 0 aromatic heterocycles. The minimum atomic E-state index is -0.403. The van der Waals surface area contributed by atoms with Gasteiger partial charge in [-0.3, -0.25) is 4.79 Å². The summed E-state index contributed by atoms with van der Waals surface area (Å²) < 4.78 is 15.6. The van der Waals surface area contributed by atoms with Gasteiger partial charge in [0, 0.05) is 18.5 Å². The maximum Gasteiger partial charge on any atom is 0.337 e. The number of likely N-dealkylation sites (tertiary alicyclic amines) is 1. The van der Waals surface area contributed by atoms with Crippen LogP contribution in [0.1, 0.15) is 34.8 Å². The standard InChI is InChI=1S/C22H26N2O5/c1-27-17-10-11-20(28-2)18(13-17)19-5-4-12-24(19)14-21(25)23-16-8-6-15(7-9-16)22(26)29-3/h6-11,13,19H,4-5,12,14H2,1-3H3,(H,23,25)/p+1/t19-/m0/s1. The topological polar surface area (TPSA) is 78.3 Å². The van der Waals surface area contributed by atoms with Crippen LogP contribution in [-0.4, -0.2) is 46.3 Å². The van der Waals surface area contributed by atoms with Crippen LogP contribution >= 0.6 is 0 Å². The van der Waals surface area contributed by atoms with Crippen LogP contribution in [0.3, 0.4) is 0 Å². The molecule has 2 N–H and O–H groups in total. The fourth-order valence-corrected chi connectivity index (χ4v) is 3.83. The lowest BCUT2D eigenvalue weighted by Gasteiger charge is -2.23. The number of esters is 1. The van der Waals surface area contributed by atoms with Gasteiger partial charge in [0.1, 0.15) is 17.5 Å². The quantitative estimate of drug-likeness (QED) is 0.695. The van der Waals surface area contributed by atoms with Crippen LogP contribution in [0.5, 0.6) is 11.5 Å². The molecule has 1 saturated heterocycles. The largest absolute Gasteiger partial charge is 0.497 e. The van der Waals surface area contributed by atoms with Crippen molar-refractivity contribution in [1.29, 1.82) is 0 Å². The predicted octanol–water partition coefficient (Wildman–Crippen LogP) is 1.85. The van der Waals surface area contributed by atoms with Crippen molar-refractivity contribution in [3.05, 3.63) is 53.6 Å². The molecule has 29 heavy (non-hydrogen) atoms. The van der Waals surface area contributed by atoms with Crippen molar-refractivity contribution in [2.45, 2.75) is 18.9 Å². The highest BCUT2D eigenvalue weighted by molar-refractivity contribution is 5.93. The number of hydrogen-bond donors (Lipinski definition) is 2. The molecule has 0 spiro atoms. The average Bonchev–Trinajstić information content (AvgIpc) is 3.20. The fraction of sp³-hybridized carbons (Fsp3) is 0.364. The fourth-order valence-electron chi connectivity index (χ4n) is 3.83. The molecule has 1 unspecified atom stereocenters. The number of carbonyl (C=O) groups excluding carboxylic acids is 2. The van der Waals surface area contributed by atoms with Gasteiger partial charge in [0.2, 0.25) is 0 Å². The van der Waals surface area contributed by atoms with Gasteiger partial charge in [-0.25, -0.2) is 4.79 Å². The number of nitrogens with one attached hydrogen (secondary N) is 2. The number of anilines is 1. The Bertz CT molecular complexity index is 866. The molecule has 2 aromatic rings. The average molecular weight is 399 g/mol. The predicted molar refractivity (Wildman–Crippen MR) is 109 cm³/mol. The highest BCUT2D eigenvalue weighted by Crippen LogP contribution is 2.31. The van der Waals surface area contributed by atoms with E-state index in [0.717, 1.165) is 36.4 Å². The minimum absolute atomic E-state index is 0.0698. The Kier molecular flexibility index (Phi) is 6.72. The van der Waals surface area contributed by atoms with Crippen LogP contribution in [0.2, 0.25) is 0 Å². The second kappa shape index (κ2) is 9.43. The molecule has 154 valence electrons. The highest BCUT2D eigenvalue weighted by Gasteiger charge is 2.34. The molecule has 2 aromatic carbocycles. The summed E-state index contributed by atoms with van der Waals surface area (Å²) in [5.74, 6) is 1.12. The third kappa shape index (κ3) is 4.86. The minimum Gasteiger partial charge on any atom is -0.497 e. The third-order valence-electron chi connectivity index (χ3n) is 5.27. The van der Waals surface area contributed by atoms with E-state index in [1.54, 1.807) is 38.5 Å². The second-order valence-electron chi connectivity index (χ2n) is 7.00. The first kappa shape index (κ1) is 20.7. The van der Waals surface area contributed by atoms with Crippen molar-refractivity contribution in [2.24, 2.45) is 0 Å². The van der Waals surface area contributed by atoms with Crippen LogP contribution in [0.15, 0.2) is 42.5 Å². The number of hydrogen-bond acceptors (Lipinski definition) is 5. The molecular formula is C22H27N2O5+. The Balaban J connectivity index is 1.68. The van der Waals surface area contributed by atoms with Gasteiger partial charge in [-0.15, -0.1) is 0 Å². The zero-order valence-corrected chi connectivity index (χ0v) is 17.0. The molecule has 1 fully saturated rings. The van der Waals surface area contributed by atoms with E-state index < -0.39 is 5.97 Å². The van der Waals surface area contributed by atoms with Crippen molar-refractivity contribution < 1.29 is 28.7 Å². The summed E-state index contributed by atoms with van der Waals surface area (Å²) in [7, 11) is 4.64. The number of amides is 1. The van der Waals surface area contributed by atoms with E-state index in [9.17, 15) is 9.59 Å². The molecule has 7 heteroatoms. The van der Waals surface area contributed by atoms with Crippen LogP contribution in [-0.2, 0) is 9.53 Å². The maximum atomic E-state index is 12.6. The third-order valence-corrected chi connectivity index (χ3v) is 5.27. The van der Waals surface area contributed by atoms with Crippen LogP contribution in [0.25, 0.3) is 0 Å². The molecular weight excluding hydrogens is 372 g/mol. The van der Waals surface area contributed by atoms with Crippen molar-refractivity contribution in [3.63, 3.8) is 0 Å². The normalized spacial score (nSPS) is 18.2. The molecule has 0 bridgehead atoms. The lowest BCUT2D eigenvalue weighted by atomic mass is 10.0. The smallest absolute Gasteiger partial charge is 0.337 e. The molecule has 1 heterocycles. The van der Waals surface area contributed by atoms with E-state index in [0.29, 0.717) is 17.8 Å². The number of ether oxygens (including phenoxy) is 3. The summed E-state index contributed by atoms with van der Waals surface area (Å²) in [4.78, 5) is 25.3. The molecule has 2 atom stereocenters. The van der Waals surface area contributed by atoms with Gasteiger partial charge in [-0.05, 0) is 42.5 Å². The van der Waals surface area contributed by atoms with Gasteiger partial charge < -0.3 is 24.4 Å². The molecule has 1 aliphatic rings. The molecule has 1 amide bonds. The number of rotatable bonds is 7. The van der Waals surface area contributed by atoms with Crippen LogP contribution in [0.4, 0.5) is 5.69 Å². The van der Waals surface area contributed by atoms with Gasteiger partial charge in [-0.1, -0.05) is 0 Å². The van der Waals surface area contributed by atoms with E-state index >= 15 is 0 Å². The molecule has 7 nitrogen and oxygen atoms in total. The van der Waals surface area contributed by atoms with E-state index in [1.165, 1.54) is 12.0 Å². The number of benzene rings is 2. The molecule has 1 aliphatic heterocycles. The molecule has 3 rings (SSSR count). The second-order valence-corrected chi connectivity index (χ2v) is 7.00. The Labute approximate surface area is 170 Å². The summed E-state index contributed by atoms with van der Waals surface area (Å²) in [6.45, 7) is 1.27. The van der Waals surface area contributed by atoms with Gasteiger partial charge in [-0.2, -0.15) is 0 Å². The van der Waals surface area contributed by atoms with Crippen molar-refractivity contribution in [1.82, 2.24) is 0 Å². The van der Waals surface area contributed by atoms with Crippen LogP contribution < -0.4 is 19.7 Å². The number of methoxy groups -OCH3 is 3. The first-order valence-corrected chi connectivity index (χ1v) is 9.60. The van der Waals surface area contributed by atoms with E-state index in [2.05, 4.69) is 10.1 Å². The first-order chi connectivity index (χ1) is 14.0. The lowest BCUT2D eigenvalue weighted by molar-refractivity contribution is -0.910. The highest BCUT2D eigenvalue weighted by atomic mass is 16.5. The summed E-state index contributed by atoms with van der Waals surface area (Å²) >= 11 is 0. The Morgan fingerprint density at radius 1 is 1.07 bits per heavy atom. The van der Waals surface area contributed by atoms with E-state index in [1.807, 2.05) is 18.2 Å². The summed E-state index contributed by atoms with van der Waals surface area (Å²) in [6.07, 6.45) is 2.03. The first-order valence-electron chi connectivity index (χ1n) is 9.60. The Morgan fingerprint density at radius 3 is 2.48 bits per heavy atom. The van der Waals surface area contributed by atoms with E-state index in [4.69, 9.17) is 9.47 Å². The van der Waals surface area contributed by atoms with Gasteiger partial charge in [0.05, 0.1) is 39.0 Å². The van der Waals surface area contributed by atoms with Crippen LogP contribution in [0, 0.1) is 0 Å². The van der Waals surface area contributed by atoms with Gasteiger partial charge in [0.15, 0.2) is 6.54 Å². The Hall–Kier alpha value is -3.06. The Morgan fingerprint density at radius 2 is 1.83 bits per heavy atom. The maximum absolute atomic E-state index is 12.6.